The van der Waals surface area contributed by atoms with E-state index in [0.29, 0.717) is 12.1 Å². The predicted molar refractivity (Wildman–Crippen MR) is 66.1 cm³/mol. The van der Waals surface area contributed by atoms with Gasteiger partial charge in [0.15, 0.2) is 0 Å². The summed E-state index contributed by atoms with van der Waals surface area (Å²) in [5, 5.41) is 3.31. The summed E-state index contributed by atoms with van der Waals surface area (Å²) in [7, 11) is 2.00. The van der Waals surface area contributed by atoms with Crippen LogP contribution >= 0.6 is 0 Å². The molecule has 4 heteroatoms. The van der Waals surface area contributed by atoms with Gasteiger partial charge in [-0.2, -0.15) is 0 Å². The van der Waals surface area contributed by atoms with Gasteiger partial charge in [-0.15, -0.1) is 0 Å². The van der Waals surface area contributed by atoms with Crippen molar-refractivity contribution in [1.29, 1.82) is 0 Å². The second-order valence-electron chi connectivity index (χ2n) is 4.94. The molecule has 1 rings (SSSR count). The summed E-state index contributed by atoms with van der Waals surface area (Å²) in [6.07, 6.45) is 3.74. The quantitative estimate of drug-likeness (QED) is 0.722. The topological polar surface area (TPSA) is 58.4 Å². The number of carbonyl (C=O) groups excluding carboxylic acids is 1. The molecule has 1 aliphatic rings. The van der Waals surface area contributed by atoms with Gasteiger partial charge < -0.3 is 11.1 Å². The highest BCUT2D eigenvalue weighted by Gasteiger charge is 2.28. The second-order valence-corrected chi connectivity index (χ2v) is 4.94. The van der Waals surface area contributed by atoms with Crippen LogP contribution in [0.25, 0.3) is 0 Å². The molecule has 1 fully saturated rings. The van der Waals surface area contributed by atoms with E-state index in [4.69, 9.17) is 5.73 Å². The van der Waals surface area contributed by atoms with Crippen LogP contribution in [-0.2, 0) is 4.79 Å². The molecule has 4 nitrogen and oxygen atoms in total. The third-order valence-electron chi connectivity index (χ3n) is 3.69. The predicted octanol–water partition coefficient (Wildman–Crippen LogP) is 0.570. The minimum absolute atomic E-state index is 0.0512. The third-order valence-corrected chi connectivity index (χ3v) is 3.69. The van der Waals surface area contributed by atoms with Crippen LogP contribution in [0.1, 0.15) is 33.1 Å². The van der Waals surface area contributed by atoms with Crippen molar-refractivity contribution in [3.8, 4) is 0 Å². The van der Waals surface area contributed by atoms with Crippen molar-refractivity contribution in [2.24, 2.45) is 11.7 Å². The minimum Gasteiger partial charge on any atom is -0.369 e. The van der Waals surface area contributed by atoms with E-state index in [1.807, 2.05) is 14.0 Å². The number of primary amides is 1. The fraction of sp³-hybridized carbons (Fsp3) is 0.917. The number of piperidine rings is 1. The average molecular weight is 227 g/mol. The molecular weight excluding hydrogens is 202 g/mol. The number of hydrogen-bond acceptors (Lipinski definition) is 3. The Kier molecular flexibility index (Phi) is 5.22. The zero-order chi connectivity index (χ0) is 12.1. The van der Waals surface area contributed by atoms with Crippen LogP contribution in [-0.4, -0.2) is 43.0 Å². The highest BCUT2D eigenvalue weighted by atomic mass is 16.1. The van der Waals surface area contributed by atoms with Crippen LogP contribution in [0.2, 0.25) is 0 Å². The lowest BCUT2D eigenvalue weighted by Gasteiger charge is -2.40. The van der Waals surface area contributed by atoms with E-state index in [0.717, 1.165) is 13.1 Å². The van der Waals surface area contributed by atoms with Crippen LogP contribution in [0.15, 0.2) is 0 Å². The summed E-state index contributed by atoms with van der Waals surface area (Å²) in [4.78, 5) is 13.5. The molecule has 0 aromatic rings. The van der Waals surface area contributed by atoms with Crippen LogP contribution in [0.4, 0.5) is 0 Å². The number of likely N-dealkylation sites (tertiary alicyclic amines) is 1. The molecule has 0 aromatic carbocycles. The molecular formula is C12H25N3O. The molecule has 3 unspecified atom stereocenters. The normalized spacial score (nSPS) is 26.3. The fourth-order valence-electron chi connectivity index (χ4n) is 2.44. The molecule has 16 heavy (non-hydrogen) atoms. The first kappa shape index (κ1) is 13.5. The maximum Gasteiger partial charge on any atom is 0.221 e. The molecule has 0 radical (unpaired) electrons. The Hall–Kier alpha value is -0.610. The molecule has 3 atom stereocenters. The molecule has 0 bridgehead atoms. The van der Waals surface area contributed by atoms with Crippen molar-refractivity contribution in [3.63, 3.8) is 0 Å². The zero-order valence-corrected chi connectivity index (χ0v) is 10.7. The Morgan fingerprint density at radius 2 is 2.19 bits per heavy atom. The molecule has 3 N–H and O–H groups in total. The van der Waals surface area contributed by atoms with E-state index < -0.39 is 0 Å². The van der Waals surface area contributed by atoms with Gasteiger partial charge in [0.25, 0.3) is 0 Å². The SMILES string of the molecule is CNC(C)C1CCCCN1CC(C)C(N)=O. The number of hydrogen-bond donors (Lipinski definition) is 2. The zero-order valence-electron chi connectivity index (χ0n) is 10.7. The number of amides is 1. The molecule has 94 valence electrons. The Bertz CT molecular complexity index is 232. The van der Waals surface area contributed by atoms with E-state index >= 15 is 0 Å². The fourth-order valence-corrected chi connectivity index (χ4v) is 2.44. The maximum atomic E-state index is 11.1. The molecule has 1 saturated heterocycles. The van der Waals surface area contributed by atoms with Gasteiger partial charge in [-0.05, 0) is 33.4 Å². The van der Waals surface area contributed by atoms with Crippen LogP contribution < -0.4 is 11.1 Å². The van der Waals surface area contributed by atoms with Crippen molar-refractivity contribution in [2.45, 2.75) is 45.2 Å². The molecule has 1 heterocycles. The van der Waals surface area contributed by atoms with Crippen LogP contribution in [0.3, 0.4) is 0 Å². The van der Waals surface area contributed by atoms with Gasteiger partial charge in [-0.25, -0.2) is 0 Å². The highest BCUT2D eigenvalue weighted by Crippen LogP contribution is 2.20. The van der Waals surface area contributed by atoms with Gasteiger partial charge in [0.1, 0.15) is 0 Å². The van der Waals surface area contributed by atoms with Gasteiger partial charge in [0.2, 0.25) is 5.91 Å². The summed E-state index contributed by atoms with van der Waals surface area (Å²) in [6, 6.07) is 1.01. The largest absolute Gasteiger partial charge is 0.369 e. The molecule has 0 spiro atoms. The summed E-state index contributed by atoms with van der Waals surface area (Å²) in [6.45, 7) is 6.01. The first-order valence-corrected chi connectivity index (χ1v) is 6.27. The second kappa shape index (κ2) is 6.21. The number of nitrogens with zero attached hydrogens (tertiary/aromatic N) is 1. The van der Waals surface area contributed by atoms with Crippen molar-refractivity contribution in [1.82, 2.24) is 10.2 Å². The Labute approximate surface area is 98.6 Å². The van der Waals surface area contributed by atoms with E-state index in [2.05, 4.69) is 17.1 Å². The van der Waals surface area contributed by atoms with Crippen molar-refractivity contribution in [2.75, 3.05) is 20.1 Å². The number of likely N-dealkylation sites (N-methyl/N-ethyl adjacent to an activating group) is 1. The summed E-state index contributed by atoms with van der Waals surface area (Å²) >= 11 is 0. The maximum absolute atomic E-state index is 11.1. The van der Waals surface area contributed by atoms with Crippen molar-refractivity contribution < 1.29 is 4.79 Å². The molecule has 0 saturated carbocycles. The van der Waals surface area contributed by atoms with E-state index in [9.17, 15) is 4.79 Å². The number of nitrogens with one attached hydrogen (secondary N) is 1. The summed E-state index contributed by atoms with van der Waals surface area (Å²) in [5.74, 6) is -0.244. The first-order valence-electron chi connectivity index (χ1n) is 6.27. The van der Waals surface area contributed by atoms with Crippen molar-refractivity contribution >= 4 is 5.91 Å². The monoisotopic (exact) mass is 227 g/mol. The lowest BCUT2D eigenvalue weighted by atomic mass is 9.95. The molecule has 0 aliphatic carbocycles. The van der Waals surface area contributed by atoms with Gasteiger partial charge >= 0.3 is 0 Å². The standard InChI is InChI=1S/C12H25N3O/c1-9(12(13)16)8-15-7-5-4-6-11(15)10(2)14-3/h9-11,14H,4-8H2,1-3H3,(H2,13,16). The Morgan fingerprint density at radius 3 is 2.75 bits per heavy atom. The highest BCUT2D eigenvalue weighted by molar-refractivity contribution is 5.76. The van der Waals surface area contributed by atoms with Gasteiger partial charge in [-0.1, -0.05) is 13.3 Å². The van der Waals surface area contributed by atoms with Gasteiger partial charge in [-0.3, -0.25) is 9.69 Å². The van der Waals surface area contributed by atoms with Gasteiger partial charge in [0, 0.05) is 24.5 Å². The molecule has 0 aromatic heterocycles. The summed E-state index contributed by atoms with van der Waals surface area (Å²) in [5.41, 5.74) is 5.33. The number of rotatable bonds is 5. The summed E-state index contributed by atoms with van der Waals surface area (Å²) < 4.78 is 0. The van der Waals surface area contributed by atoms with E-state index in [1.165, 1.54) is 19.3 Å². The lowest BCUT2D eigenvalue weighted by Crippen LogP contribution is -2.52. The molecule has 1 aliphatic heterocycles. The number of carbonyl (C=O) groups is 1. The van der Waals surface area contributed by atoms with Crippen LogP contribution in [0, 0.1) is 5.92 Å². The Balaban J connectivity index is 2.56. The third kappa shape index (κ3) is 3.46. The van der Waals surface area contributed by atoms with E-state index in [1.54, 1.807) is 0 Å². The van der Waals surface area contributed by atoms with Crippen LogP contribution in [0.5, 0.6) is 0 Å². The average Bonchev–Trinajstić information content (AvgIpc) is 2.28. The smallest absolute Gasteiger partial charge is 0.221 e. The first-order chi connectivity index (χ1) is 7.56. The Morgan fingerprint density at radius 1 is 1.50 bits per heavy atom. The van der Waals surface area contributed by atoms with E-state index in [-0.39, 0.29) is 11.8 Å². The van der Waals surface area contributed by atoms with Crippen molar-refractivity contribution in [3.05, 3.63) is 0 Å². The van der Waals surface area contributed by atoms with Gasteiger partial charge in [0.05, 0.1) is 0 Å². The number of nitrogens with two attached hydrogens (primary N) is 1. The lowest BCUT2D eigenvalue weighted by molar-refractivity contribution is -0.122. The molecule has 1 amide bonds. The minimum atomic E-state index is -0.193.